The third-order valence-corrected chi connectivity index (χ3v) is 3.19. The number of halogens is 3. The molecule has 6 heteroatoms. The van der Waals surface area contributed by atoms with E-state index < -0.39 is 17.7 Å². The van der Waals surface area contributed by atoms with Gasteiger partial charge < -0.3 is 0 Å². The second-order valence-corrected chi connectivity index (χ2v) is 5.09. The van der Waals surface area contributed by atoms with Crippen LogP contribution in [-0.2, 0) is 0 Å². The number of aromatic nitrogens is 1. The second kappa shape index (κ2) is 5.73. The molecule has 0 saturated heterocycles. The van der Waals surface area contributed by atoms with Crippen LogP contribution in [0.2, 0.25) is 0 Å². The minimum atomic E-state index is -0.791. The lowest BCUT2D eigenvalue weighted by Gasteiger charge is -2.18. The molecule has 1 atom stereocenters. The smallest absolute Gasteiger partial charge is 0.132 e. The standard InChI is InChI=1S/C13H12BrF2N3/c1-7-2-8(6-18-5-7)13(19-17)12-10(15)3-9(14)4-11(12)16/h2-6,13,19H,17H2,1H3. The fourth-order valence-electron chi connectivity index (χ4n) is 1.91. The number of nitrogens with zero attached hydrogens (tertiary/aromatic N) is 1. The molecule has 0 aliphatic heterocycles. The molecule has 2 rings (SSSR count). The molecule has 0 fully saturated rings. The quantitative estimate of drug-likeness (QED) is 0.673. The van der Waals surface area contributed by atoms with Crippen molar-refractivity contribution in [3.05, 3.63) is 63.4 Å². The number of benzene rings is 1. The first kappa shape index (κ1) is 14.0. The van der Waals surface area contributed by atoms with E-state index in [9.17, 15) is 8.78 Å². The largest absolute Gasteiger partial charge is 0.271 e. The van der Waals surface area contributed by atoms with Gasteiger partial charge in [-0.1, -0.05) is 22.0 Å². The molecule has 3 nitrogen and oxygen atoms in total. The number of aryl methyl sites for hydroxylation is 1. The van der Waals surface area contributed by atoms with Crippen molar-refractivity contribution in [3.8, 4) is 0 Å². The summed E-state index contributed by atoms with van der Waals surface area (Å²) >= 11 is 3.04. The Bertz CT molecular complexity index is 581. The summed E-state index contributed by atoms with van der Waals surface area (Å²) in [4.78, 5) is 4.01. The van der Waals surface area contributed by atoms with Gasteiger partial charge in [-0.05, 0) is 30.2 Å². The van der Waals surface area contributed by atoms with Gasteiger partial charge in [-0.25, -0.2) is 14.2 Å². The molecule has 19 heavy (non-hydrogen) atoms. The maximum absolute atomic E-state index is 13.9. The fourth-order valence-corrected chi connectivity index (χ4v) is 2.31. The lowest BCUT2D eigenvalue weighted by atomic mass is 9.99. The maximum Gasteiger partial charge on any atom is 0.132 e. The van der Waals surface area contributed by atoms with Gasteiger partial charge in [-0.15, -0.1) is 0 Å². The molecular weight excluding hydrogens is 316 g/mol. The fraction of sp³-hybridized carbons (Fsp3) is 0.154. The Morgan fingerprint density at radius 3 is 2.37 bits per heavy atom. The SMILES string of the molecule is Cc1cncc(C(NN)c2c(F)cc(Br)cc2F)c1. The molecule has 0 aliphatic carbocycles. The van der Waals surface area contributed by atoms with Crippen molar-refractivity contribution in [1.82, 2.24) is 10.4 Å². The van der Waals surface area contributed by atoms with E-state index in [1.54, 1.807) is 12.3 Å². The minimum absolute atomic E-state index is 0.127. The molecule has 0 saturated carbocycles. The molecule has 0 amide bonds. The van der Waals surface area contributed by atoms with Gasteiger partial charge in [0.2, 0.25) is 0 Å². The number of hydrogen-bond acceptors (Lipinski definition) is 3. The average molecular weight is 328 g/mol. The van der Waals surface area contributed by atoms with Gasteiger partial charge in [-0.3, -0.25) is 10.8 Å². The average Bonchev–Trinajstić information content (AvgIpc) is 2.33. The Balaban J connectivity index is 2.54. The van der Waals surface area contributed by atoms with Crippen LogP contribution in [-0.4, -0.2) is 4.98 Å². The Hall–Kier alpha value is -1.37. The molecule has 2 aromatic rings. The minimum Gasteiger partial charge on any atom is -0.271 e. The lowest BCUT2D eigenvalue weighted by molar-refractivity contribution is 0.509. The van der Waals surface area contributed by atoms with Crippen LogP contribution in [0.3, 0.4) is 0 Å². The van der Waals surface area contributed by atoms with Crippen LogP contribution in [0.4, 0.5) is 8.78 Å². The van der Waals surface area contributed by atoms with Gasteiger partial charge in [-0.2, -0.15) is 0 Å². The van der Waals surface area contributed by atoms with E-state index >= 15 is 0 Å². The van der Waals surface area contributed by atoms with Crippen LogP contribution in [0.25, 0.3) is 0 Å². The normalized spacial score (nSPS) is 12.5. The van der Waals surface area contributed by atoms with Crippen LogP contribution < -0.4 is 11.3 Å². The third-order valence-electron chi connectivity index (χ3n) is 2.73. The van der Waals surface area contributed by atoms with Crippen molar-refractivity contribution in [2.45, 2.75) is 13.0 Å². The second-order valence-electron chi connectivity index (χ2n) is 4.18. The van der Waals surface area contributed by atoms with Crippen LogP contribution in [0.1, 0.15) is 22.7 Å². The summed E-state index contributed by atoms with van der Waals surface area (Å²) in [5, 5.41) is 0. The highest BCUT2D eigenvalue weighted by Crippen LogP contribution is 2.28. The summed E-state index contributed by atoms with van der Waals surface area (Å²) in [6, 6.07) is 3.39. The first-order valence-corrected chi connectivity index (χ1v) is 6.34. The molecule has 0 spiro atoms. The third kappa shape index (κ3) is 2.97. The highest BCUT2D eigenvalue weighted by molar-refractivity contribution is 9.10. The molecule has 1 heterocycles. The summed E-state index contributed by atoms with van der Waals surface area (Å²) in [7, 11) is 0. The van der Waals surface area contributed by atoms with E-state index in [4.69, 9.17) is 5.84 Å². The number of hydrogen-bond donors (Lipinski definition) is 2. The van der Waals surface area contributed by atoms with Gasteiger partial charge in [0.15, 0.2) is 0 Å². The maximum atomic E-state index is 13.9. The van der Waals surface area contributed by atoms with Gasteiger partial charge in [0.25, 0.3) is 0 Å². The van der Waals surface area contributed by atoms with E-state index in [1.165, 1.54) is 18.3 Å². The summed E-state index contributed by atoms with van der Waals surface area (Å²) in [6.45, 7) is 1.85. The molecule has 1 unspecified atom stereocenters. The number of nitrogens with two attached hydrogens (primary N) is 1. The Labute approximate surface area is 117 Å². The van der Waals surface area contributed by atoms with Crippen molar-refractivity contribution in [2.75, 3.05) is 0 Å². The van der Waals surface area contributed by atoms with Crippen LogP contribution in [0, 0.1) is 18.6 Å². The van der Waals surface area contributed by atoms with Crippen molar-refractivity contribution in [3.63, 3.8) is 0 Å². The molecule has 0 radical (unpaired) electrons. The van der Waals surface area contributed by atoms with Crippen LogP contribution in [0.15, 0.2) is 35.1 Å². The molecule has 0 bridgehead atoms. The van der Waals surface area contributed by atoms with Gasteiger partial charge >= 0.3 is 0 Å². The number of pyridine rings is 1. The molecule has 3 N–H and O–H groups in total. The lowest BCUT2D eigenvalue weighted by Crippen LogP contribution is -2.30. The van der Waals surface area contributed by atoms with E-state index in [2.05, 4.69) is 26.3 Å². The van der Waals surface area contributed by atoms with Crippen molar-refractivity contribution < 1.29 is 8.78 Å². The number of hydrazine groups is 1. The molecular formula is C13H12BrF2N3. The van der Waals surface area contributed by atoms with Gasteiger partial charge in [0.05, 0.1) is 6.04 Å². The first-order valence-electron chi connectivity index (χ1n) is 5.55. The predicted octanol–water partition coefficient (Wildman–Crippen LogP) is 2.98. The van der Waals surface area contributed by atoms with Crippen LogP contribution >= 0.6 is 15.9 Å². The molecule has 1 aromatic heterocycles. The van der Waals surface area contributed by atoms with Gasteiger partial charge in [0.1, 0.15) is 11.6 Å². The topological polar surface area (TPSA) is 50.9 Å². The van der Waals surface area contributed by atoms with Crippen LogP contribution in [0.5, 0.6) is 0 Å². The molecule has 100 valence electrons. The van der Waals surface area contributed by atoms with E-state index in [0.29, 0.717) is 10.0 Å². The highest BCUT2D eigenvalue weighted by atomic mass is 79.9. The zero-order chi connectivity index (χ0) is 14.0. The Morgan fingerprint density at radius 1 is 1.21 bits per heavy atom. The monoisotopic (exact) mass is 327 g/mol. The van der Waals surface area contributed by atoms with Crippen molar-refractivity contribution >= 4 is 15.9 Å². The molecule has 0 aliphatic rings. The van der Waals surface area contributed by atoms with E-state index in [1.807, 2.05) is 6.92 Å². The Morgan fingerprint density at radius 2 is 1.84 bits per heavy atom. The van der Waals surface area contributed by atoms with Crippen molar-refractivity contribution in [2.24, 2.45) is 5.84 Å². The first-order chi connectivity index (χ1) is 9.02. The molecule has 1 aromatic carbocycles. The number of nitrogens with one attached hydrogen (secondary N) is 1. The highest BCUT2D eigenvalue weighted by Gasteiger charge is 2.22. The van der Waals surface area contributed by atoms with E-state index in [0.717, 1.165) is 5.56 Å². The summed E-state index contributed by atoms with van der Waals surface area (Å²) in [5.41, 5.74) is 3.79. The Kier molecular flexibility index (Phi) is 4.24. The van der Waals surface area contributed by atoms with Crippen molar-refractivity contribution in [1.29, 1.82) is 0 Å². The summed E-state index contributed by atoms with van der Waals surface area (Å²) < 4.78 is 28.2. The zero-order valence-corrected chi connectivity index (χ0v) is 11.7. The van der Waals surface area contributed by atoms with Gasteiger partial charge in [0, 0.05) is 22.4 Å². The summed E-state index contributed by atoms with van der Waals surface area (Å²) in [5.74, 6) is 4.10. The zero-order valence-electron chi connectivity index (χ0n) is 10.1. The summed E-state index contributed by atoms with van der Waals surface area (Å²) in [6.07, 6.45) is 3.18. The predicted molar refractivity (Wildman–Crippen MR) is 72.2 cm³/mol. The number of rotatable bonds is 3. The van der Waals surface area contributed by atoms with E-state index in [-0.39, 0.29) is 5.56 Å².